The van der Waals surface area contributed by atoms with Crippen LogP contribution in [-0.2, 0) is 14.8 Å². The van der Waals surface area contributed by atoms with Crippen molar-refractivity contribution in [1.29, 1.82) is 0 Å². The van der Waals surface area contributed by atoms with Crippen molar-refractivity contribution in [2.24, 2.45) is 11.7 Å². The minimum absolute atomic E-state index is 0.104. The number of hydrogen-bond acceptors (Lipinski definition) is 4. The first kappa shape index (κ1) is 17.4. The molecule has 0 radical (unpaired) electrons. The molecule has 0 bridgehead atoms. The molecule has 0 aliphatic carbocycles. The Bertz CT molecular complexity index is 672. The maximum atomic E-state index is 13.5. The van der Waals surface area contributed by atoms with Gasteiger partial charge < -0.3 is 11.5 Å². The second-order valence-electron chi connectivity index (χ2n) is 5.29. The Hall–Kier alpha value is -1.67. The van der Waals surface area contributed by atoms with Crippen molar-refractivity contribution < 1.29 is 17.6 Å². The van der Waals surface area contributed by atoms with E-state index in [1.165, 1.54) is 13.8 Å². The van der Waals surface area contributed by atoms with Crippen LogP contribution in [-0.4, -0.2) is 20.4 Å². The molecule has 118 valence electrons. The van der Waals surface area contributed by atoms with E-state index in [0.717, 1.165) is 6.07 Å². The van der Waals surface area contributed by atoms with E-state index in [4.69, 9.17) is 11.5 Å². The number of carbonyl (C=O) groups excluding carboxylic acids is 1. The number of halogens is 1. The van der Waals surface area contributed by atoms with Crippen LogP contribution in [0.25, 0.3) is 0 Å². The summed E-state index contributed by atoms with van der Waals surface area (Å²) in [6, 6.07) is -0.00832. The topological polar surface area (TPSA) is 115 Å². The van der Waals surface area contributed by atoms with Crippen LogP contribution in [0.1, 0.15) is 25.0 Å². The molecule has 6 nitrogen and oxygen atoms in total. The lowest BCUT2D eigenvalue weighted by Gasteiger charge is -2.21. The molecule has 0 aliphatic rings. The number of rotatable bonds is 5. The highest BCUT2D eigenvalue weighted by atomic mass is 32.2. The lowest BCUT2D eigenvalue weighted by Crippen LogP contribution is -2.47. The second-order valence-corrected chi connectivity index (χ2v) is 6.94. The van der Waals surface area contributed by atoms with Crippen LogP contribution < -0.4 is 16.2 Å². The monoisotopic (exact) mass is 317 g/mol. The van der Waals surface area contributed by atoms with Gasteiger partial charge in [-0.2, -0.15) is 4.72 Å². The van der Waals surface area contributed by atoms with E-state index < -0.39 is 27.8 Å². The van der Waals surface area contributed by atoms with E-state index in [-0.39, 0.29) is 27.6 Å². The maximum Gasteiger partial charge on any atom is 0.241 e. The first-order valence-electron chi connectivity index (χ1n) is 6.35. The van der Waals surface area contributed by atoms with Crippen LogP contribution in [0.5, 0.6) is 0 Å². The van der Waals surface area contributed by atoms with Gasteiger partial charge in [0.1, 0.15) is 11.9 Å². The molecule has 0 fully saturated rings. The third-order valence-electron chi connectivity index (χ3n) is 3.23. The Morgan fingerprint density at radius 1 is 1.33 bits per heavy atom. The molecular formula is C13H20FN3O3S. The van der Waals surface area contributed by atoms with Gasteiger partial charge in [0.25, 0.3) is 0 Å². The van der Waals surface area contributed by atoms with Crippen molar-refractivity contribution in [3.05, 3.63) is 23.0 Å². The molecule has 1 aromatic rings. The molecule has 1 rings (SSSR count). The van der Waals surface area contributed by atoms with E-state index in [2.05, 4.69) is 4.72 Å². The average Bonchev–Trinajstić information content (AvgIpc) is 2.32. The normalized spacial score (nSPS) is 13.4. The van der Waals surface area contributed by atoms with E-state index in [1.807, 2.05) is 0 Å². The number of aryl methyl sites for hydroxylation is 1. The molecule has 0 aliphatic heterocycles. The van der Waals surface area contributed by atoms with Gasteiger partial charge in [0.2, 0.25) is 15.9 Å². The van der Waals surface area contributed by atoms with E-state index in [0.29, 0.717) is 0 Å². The van der Waals surface area contributed by atoms with Crippen LogP contribution in [0, 0.1) is 25.6 Å². The summed E-state index contributed by atoms with van der Waals surface area (Å²) in [7, 11) is -4.05. The quantitative estimate of drug-likeness (QED) is 0.697. The molecule has 0 saturated carbocycles. The van der Waals surface area contributed by atoms with Gasteiger partial charge >= 0.3 is 0 Å². The van der Waals surface area contributed by atoms with Gasteiger partial charge in [0, 0.05) is 0 Å². The van der Waals surface area contributed by atoms with E-state index >= 15 is 0 Å². The number of benzene rings is 1. The molecule has 21 heavy (non-hydrogen) atoms. The van der Waals surface area contributed by atoms with Crippen LogP contribution in [0.4, 0.5) is 10.1 Å². The van der Waals surface area contributed by atoms with Crippen molar-refractivity contribution in [2.75, 3.05) is 5.73 Å². The largest absolute Gasteiger partial charge is 0.396 e. The van der Waals surface area contributed by atoms with E-state index in [9.17, 15) is 17.6 Å². The lowest BCUT2D eigenvalue weighted by molar-refractivity contribution is -0.120. The number of nitrogens with one attached hydrogen (secondary N) is 1. The first-order valence-corrected chi connectivity index (χ1v) is 7.84. The summed E-state index contributed by atoms with van der Waals surface area (Å²) in [6.07, 6.45) is 0. The molecule has 1 atom stereocenters. The Labute approximate surface area is 123 Å². The fourth-order valence-corrected chi connectivity index (χ4v) is 3.93. The van der Waals surface area contributed by atoms with Crippen LogP contribution in [0.15, 0.2) is 11.0 Å². The van der Waals surface area contributed by atoms with Gasteiger partial charge in [-0.05, 0) is 37.0 Å². The minimum Gasteiger partial charge on any atom is -0.396 e. The number of primary amides is 1. The Balaban J connectivity index is 3.39. The number of hydrogen-bond donors (Lipinski definition) is 3. The average molecular weight is 317 g/mol. The van der Waals surface area contributed by atoms with E-state index in [1.54, 1.807) is 13.8 Å². The van der Waals surface area contributed by atoms with Crippen LogP contribution in [0.2, 0.25) is 0 Å². The third kappa shape index (κ3) is 3.51. The molecule has 5 N–H and O–H groups in total. The molecule has 1 unspecified atom stereocenters. The number of sulfonamides is 1. The van der Waals surface area contributed by atoms with Gasteiger partial charge in [-0.15, -0.1) is 0 Å². The predicted octanol–water partition coefficient (Wildman–Crippen LogP) is 0.813. The summed E-state index contributed by atoms with van der Waals surface area (Å²) >= 11 is 0. The minimum atomic E-state index is -4.05. The third-order valence-corrected chi connectivity index (χ3v) is 4.96. The number of anilines is 1. The zero-order valence-corrected chi connectivity index (χ0v) is 13.2. The Morgan fingerprint density at radius 3 is 2.29 bits per heavy atom. The summed E-state index contributed by atoms with van der Waals surface area (Å²) in [5, 5.41) is 0. The molecule has 8 heteroatoms. The number of carbonyl (C=O) groups is 1. The molecule has 1 aromatic carbocycles. The van der Waals surface area contributed by atoms with Crippen LogP contribution >= 0.6 is 0 Å². The maximum absolute atomic E-state index is 13.5. The highest BCUT2D eigenvalue weighted by molar-refractivity contribution is 7.89. The van der Waals surface area contributed by atoms with Crippen LogP contribution in [0.3, 0.4) is 0 Å². The van der Waals surface area contributed by atoms with Gasteiger partial charge in [-0.1, -0.05) is 13.8 Å². The molecule has 0 heterocycles. The predicted molar refractivity (Wildman–Crippen MR) is 78.4 cm³/mol. The summed E-state index contributed by atoms with van der Waals surface area (Å²) in [6.45, 7) is 6.20. The lowest BCUT2D eigenvalue weighted by atomic mass is 10.1. The smallest absolute Gasteiger partial charge is 0.241 e. The number of nitrogens with two attached hydrogens (primary N) is 2. The van der Waals surface area contributed by atoms with Crippen molar-refractivity contribution >= 4 is 21.6 Å². The SMILES string of the molecule is Cc1cc(F)c(N)c(C)c1S(=O)(=O)NC(C(N)=O)C(C)C. The summed E-state index contributed by atoms with van der Waals surface area (Å²) in [5.74, 6) is -1.78. The zero-order chi connectivity index (χ0) is 16.5. The number of amides is 1. The first-order chi connectivity index (χ1) is 9.49. The summed E-state index contributed by atoms with van der Waals surface area (Å²) in [4.78, 5) is 11.2. The number of nitrogen functional groups attached to an aromatic ring is 1. The molecule has 1 amide bonds. The summed E-state index contributed by atoms with van der Waals surface area (Å²) in [5.41, 5.74) is 10.8. The Kier molecular flexibility index (Phi) is 4.95. The van der Waals surface area contributed by atoms with Gasteiger partial charge in [-0.25, -0.2) is 12.8 Å². The molecule has 0 aromatic heterocycles. The standard InChI is InChI=1S/C13H20FN3O3S/c1-6(2)11(13(16)18)17-21(19,20)12-7(3)5-9(14)10(15)8(12)4/h5-6,11,17H,15H2,1-4H3,(H2,16,18). The fraction of sp³-hybridized carbons (Fsp3) is 0.462. The Morgan fingerprint density at radius 2 is 1.86 bits per heavy atom. The van der Waals surface area contributed by atoms with Crippen molar-refractivity contribution in [1.82, 2.24) is 4.72 Å². The van der Waals surface area contributed by atoms with Crippen molar-refractivity contribution in [2.45, 2.75) is 38.6 Å². The van der Waals surface area contributed by atoms with Gasteiger partial charge in [0.05, 0.1) is 10.6 Å². The van der Waals surface area contributed by atoms with Gasteiger partial charge in [-0.3, -0.25) is 4.79 Å². The zero-order valence-electron chi connectivity index (χ0n) is 12.4. The fourth-order valence-electron chi connectivity index (χ4n) is 2.09. The second kappa shape index (κ2) is 5.98. The molecule has 0 saturated heterocycles. The molecule has 0 spiro atoms. The van der Waals surface area contributed by atoms with Crippen molar-refractivity contribution in [3.8, 4) is 0 Å². The highest BCUT2D eigenvalue weighted by Crippen LogP contribution is 2.27. The molecular weight excluding hydrogens is 297 g/mol. The summed E-state index contributed by atoms with van der Waals surface area (Å²) < 4.78 is 40.7. The van der Waals surface area contributed by atoms with Crippen molar-refractivity contribution in [3.63, 3.8) is 0 Å². The van der Waals surface area contributed by atoms with Gasteiger partial charge in [0.15, 0.2) is 0 Å². The highest BCUT2D eigenvalue weighted by Gasteiger charge is 2.29.